The van der Waals surface area contributed by atoms with Crippen LogP contribution in [0.25, 0.3) is 0 Å². The summed E-state index contributed by atoms with van der Waals surface area (Å²) in [6.45, 7) is 5.09. The van der Waals surface area contributed by atoms with Crippen molar-refractivity contribution in [1.82, 2.24) is 24.6 Å². The molecule has 5 heteroatoms. The zero-order chi connectivity index (χ0) is 12.3. The van der Waals surface area contributed by atoms with E-state index in [2.05, 4.69) is 29.2 Å². The van der Waals surface area contributed by atoms with Gasteiger partial charge >= 0.3 is 0 Å². The minimum absolute atomic E-state index is 0.324. The molecule has 17 heavy (non-hydrogen) atoms. The summed E-state index contributed by atoms with van der Waals surface area (Å²) >= 11 is 0. The molecule has 2 aromatic heterocycles. The molecule has 5 nitrogen and oxygen atoms in total. The summed E-state index contributed by atoms with van der Waals surface area (Å²) < 4.78 is 3.99. The summed E-state index contributed by atoms with van der Waals surface area (Å²) in [6, 6.07) is 2.61. The van der Waals surface area contributed by atoms with Crippen LogP contribution >= 0.6 is 0 Å². The molecule has 0 aliphatic rings. The van der Waals surface area contributed by atoms with Crippen molar-refractivity contribution in [2.24, 2.45) is 7.05 Å². The molecule has 92 valence electrons. The Kier molecular flexibility index (Phi) is 3.58. The largest absolute Gasteiger partial charge is 0.337 e. The summed E-state index contributed by atoms with van der Waals surface area (Å²) in [6.07, 6.45) is 7.57. The van der Waals surface area contributed by atoms with Crippen LogP contribution in [0, 0.1) is 0 Å². The smallest absolute Gasteiger partial charge is 0.122 e. The maximum atomic E-state index is 4.29. The van der Waals surface area contributed by atoms with Gasteiger partial charge in [-0.3, -0.25) is 4.68 Å². The van der Waals surface area contributed by atoms with E-state index >= 15 is 0 Å². The first-order valence-electron chi connectivity index (χ1n) is 5.87. The van der Waals surface area contributed by atoms with Gasteiger partial charge in [-0.15, -0.1) is 0 Å². The van der Waals surface area contributed by atoms with Crippen LogP contribution in [0.4, 0.5) is 0 Å². The number of hydrogen-bond donors (Lipinski definition) is 1. The van der Waals surface area contributed by atoms with E-state index in [4.69, 9.17) is 0 Å². The average Bonchev–Trinajstić information content (AvgIpc) is 2.96. The molecule has 2 aromatic rings. The molecular formula is C12H19N5. The lowest BCUT2D eigenvalue weighted by Gasteiger charge is -2.21. The molecule has 0 saturated heterocycles. The Labute approximate surface area is 101 Å². The van der Waals surface area contributed by atoms with Crippen molar-refractivity contribution < 1.29 is 0 Å². The van der Waals surface area contributed by atoms with Gasteiger partial charge in [0, 0.05) is 37.9 Å². The fourth-order valence-corrected chi connectivity index (χ4v) is 1.74. The first kappa shape index (κ1) is 11.9. The van der Waals surface area contributed by atoms with E-state index in [1.54, 1.807) is 0 Å². The van der Waals surface area contributed by atoms with Crippen molar-refractivity contribution in [3.8, 4) is 0 Å². The van der Waals surface area contributed by atoms with E-state index in [1.165, 1.54) is 0 Å². The lowest BCUT2D eigenvalue weighted by atomic mass is 10.2. The number of hydrogen-bond acceptors (Lipinski definition) is 3. The summed E-state index contributed by atoms with van der Waals surface area (Å²) in [5.41, 5.74) is 0. The molecule has 0 aromatic carbocycles. The lowest BCUT2D eigenvalue weighted by Crippen LogP contribution is -2.34. The Morgan fingerprint density at radius 2 is 2.12 bits per heavy atom. The zero-order valence-electron chi connectivity index (χ0n) is 10.5. The van der Waals surface area contributed by atoms with Crippen molar-refractivity contribution in [1.29, 1.82) is 0 Å². The predicted molar refractivity (Wildman–Crippen MR) is 66.4 cm³/mol. The molecule has 0 radical (unpaired) electrons. The highest BCUT2D eigenvalue weighted by Gasteiger charge is 2.14. The van der Waals surface area contributed by atoms with Gasteiger partial charge in [0.2, 0.25) is 0 Å². The quantitative estimate of drug-likeness (QED) is 0.848. The molecule has 2 atom stereocenters. The fourth-order valence-electron chi connectivity index (χ4n) is 1.74. The van der Waals surface area contributed by atoms with Crippen molar-refractivity contribution in [2.45, 2.75) is 32.5 Å². The number of rotatable bonds is 5. The molecule has 0 saturated carbocycles. The molecule has 2 rings (SSSR count). The van der Waals surface area contributed by atoms with Crippen LogP contribution in [-0.2, 0) is 13.6 Å². The third kappa shape index (κ3) is 2.74. The zero-order valence-corrected chi connectivity index (χ0v) is 10.5. The van der Waals surface area contributed by atoms with Crippen molar-refractivity contribution in [3.63, 3.8) is 0 Å². The third-order valence-corrected chi connectivity index (χ3v) is 3.17. The lowest BCUT2D eigenvalue weighted by molar-refractivity contribution is 0.361. The Bertz CT molecular complexity index is 445. The van der Waals surface area contributed by atoms with Crippen molar-refractivity contribution in [2.75, 3.05) is 0 Å². The second-order valence-corrected chi connectivity index (χ2v) is 4.35. The number of aryl methyl sites for hydroxylation is 1. The van der Waals surface area contributed by atoms with Gasteiger partial charge in [-0.25, -0.2) is 4.98 Å². The van der Waals surface area contributed by atoms with Gasteiger partial charge in [-0.05, 0) is 19.9 Å². The molecule has 1 N–H and O–H groups in total. The van der Waals surface area contributed by atoms with Crippen LogP contribution in [-0.4, -0.2) is 25.4 Å². The van der Waals surface area contributed by atoms with Gasteiger partial charge in [0.05, 0.1) is 12.6 Å². The van der Waals surface area contributed by atoms with E-state index in [1.807, 2.05) is 47.2 Å². The highest BCUT2D eigenvalue weighted by Crippen LogP contribution is 2.09. The first-order valence-corrected chi connectivity index (χ1v) is 5.87. The fraction of sp³-hybridized carbons (Fsp3) is 0.500. The molecule has 0 spiro atoms. The van der Waals surface area contributed by atoms with Crippen LogP contribution in [0.15, 0.2) is 30.9 Å². The Balaban J connectivity index is 1.89. The highest BCUT2D eigenvalue weighted by atomic mass is 15.3. The molecule has 0 aliphatic carbocycles. The molecule has 0 aliphatic heterocycles. The van der Waals surface area contributed by atoms with Gasteiger partial charge in [0.1, 0.15) is 5.82 Å². The molecule has 0 bridgehead atoms. The van der Waals surface area contributed by atoms with E-state index in [-0.39, 0.29) is 0 Å². The van der Waals surface area contributed by atoms with Gasteiger partial charge < -0.3 is 9.88 Å². The van der Waals surface area contributed by atoms with E-state index in [9.17, 15) is 0 Å². The van der Waals surface area contributed by atoms with Gasteiger partial charge in [0.25, 0.3) is 0 Å². The Morgan fingerprint density at radius 3 is 2.71 bits per heavy atom. The summed E-state index contributed by atoms with van der Waals surface area (Å²) in [7, 11) is 2.01. The summed E-state index contributed by atoms with van der Waals surface area (Å²) in [4.78, 5) is 4.29. The Hall–Kier alpha value is -1.62. The molecule has 2 heterocycles. The van der Waals surface area contributed by atoms with Gasteiger partial charge in [-0.2, -0.15) is 5.10 Å². The monoisotopic (exact) mass is 233 g/mol. The van der Waals surface area contributed by atoms with E-state index in [0.29, 0.717) is 12.1 Å². The number of nitrogens with zero attached hydrogens (tertiary/aromatic N) is 4. The number of imidazole rings is 1. The topological polar surface area (TPSA) is 47.7 Å². The molecular weight excluding hydrogens is 214 g/mol. The second kappa shape index (κ2) is 5.14. The second-order valence-electron chi connectivity index (χ2n) is 4.35. The van der Waals surface area contributed by atoms with Crippen LogP contribution in [0.3, 0.4) is 0 Å². The van der Waals surface area contributed by atoms with E-state index < -0.39 is 0 Å². The van der Waals surface area contributed by atoms with E-state index in [0.717, 1.165) is 12.4 Å². The molecule has 0 amide bonds. The minimum Gasteiger partial charge on any atom is -0.337 e. The Morgan fingerprint density at radius 1 is 1.29 bits per heavy atom. The van der Waals surface area contributed by atoms with Crippen molar-refractivity contribution in [3.05, 3.63) is 36.7 Å². The summed E-state index contributed by atoms with van der Waals surface area (Å²) in [5, 5.41) is 7.73. The van der Waals surface area contributed by atoms with Gasteiger partial charge in [-0.1, -0.05) is 0 Å². The maximum absolute atomic E-state index is 4.29. The highest BCUT2D eigenvalue weighted by molar-refractivity contribution is 4.91. The predicted octanol–water partition coefficient (Wildman–Crippen LogP) is 1.36. The normalized spacial score (nSPS) is 14.8. The number of nitrogens with one attached hydrogen (secondary N) is 1. The standard InChI is InChI=1S/C12H19N5/c1-10(11(2)17-7-4-5-15-17)14-9-12-13-6-8-16(12)3/h4-8,10-11,14H,9H2,1-3H3/t10-,11+/m0/s1. The average molecular weight is 233 g/mol. The van der Waals surface area contributed by atoms with Gasteiger partial charge in [0.15, 0.2) is 0 Å². The first-order chi connectivity index (χ1) is 8.18. The minimum atomic E-state index is 0.324. The SMILES string of the molecule is C[C@H](NCc1nccn1C)[C@@H](C)n1cccn1. The van der Waals surface area contributed by atoms with Crippen molar-refractivity contribution >= 4 is 0 Å². The van der Waals surface area contributed by atoms with Crippen LogP contribution < -0.4 is 5.32 Å². The van der Waals surface area contributed by atoms with Crippen LogP contribution in [0.5, 0.6) is 0 Å². The third-order valence-electron chi connectivity index (χ3n) is 3.17. The molecule has 0 unspecified atom stereocenters. The summed E-state index contributed by atoms with van der Waals surface area (Å²) in [5.74, 6) is 1.05. The van der Waals surface area contributed by atoms with Crippen LogP contribution in [0.2, 0.25) is 0 Å². The molecule has 0 fully saturated rings. The van der Waals surface area contributed by atoms with Crippen LogP contribution in [0.1, 0.15) is 25.7 Å². The number of aromatic nitrogens is 4. The maximum Gasteiger partial charge on any atom is 0.122 e.